The van der Waals surface area contributed by atoms with E-state index in [-0.39, 0.29) is 12.0 Å². The highest BCUT2D eigenvalue weighted by molar-refractivity contribution is 7.09. The van der Waals surface area contributed by atoms with Gasteiger partial charge in [-0.15, -0.1) is 11.3 Å². The van der Waals surface area contributed by atoms with Crippen LogP contribution in [0.1, 0.15) is 35.3 Å². The van der Waals surface area contributed by atoms with Gasteiger partial charge in [0.05, 0.1) is 17.7 Å². The van der Waals surface area contributed by atoms with Crippen LogP contribution in [0.4, 0.5) is 0 Å². The first-order valence-electron chi connectivity index (χ1n) is 7.21. The standard InChI is InChI=1S/C14H23N3O2S/c1-3-4-13-16-12(10-20-13)14(18)15-6-5-11-9-17(2)7-8-19-11/h10-11H,3-9H2,1-2H3,(H,15,18). The van der Waals surface area contributed by atoms with Crippen molar-refractivity contribution in [2.75, 3.05) is 33.3 Å². The topological polar surface area (TPSA) is 54.5 Å². The normalized spacial score (nSPS) is 20.0. The van der Waals surface area contributed by atoms with Crippen molar-refractivity contribution in [1.29, 1.82) is 0 Å². The van der Waals surface area contributed by atoms with E-state index in [1.807, 2.05) is 5.38 Å². The minimum atomic E-state index is -0.0761. The first-order chi connectivity index (χ1) is 9.69. The van der Waals surface area contributed by atoms with E-state index in [4.69, 9.17) is 4.74 Å². The van der Waals surface area contributed by atoms with E-state index in [9.17, 15) is 4.79 Å². The number of likely N-dealkylation sites (N-methyl/N-ethyl adjacent to an activating group) is 1. The number of rotatable bonds is 6. The number of carbonyl (C=O) groups excluding carboxylic acids is 1. The summed E-state index contributed by atoms with van der Waals surface area (Å²) in [4.78, 5) is 18.6. The van der Waals surface area contributed by atoms with E-state index in [0.29, 0.717) is 12.2 Å². The molecule has 1 unspecified atom stereocenters. The molecule has 2 rings (SSSR count). The highest BCUT2D eigenvalue weighted by Crippen LogP contribution is 2.12. The Morgan fingerprint density at radius 2 is 2.50 bits per heavy atom. The van der Waals surface area contributed by atoms with Gasteiger partial charge in [-0.1, -0.05) is 6.92 Å². The molecular weight excluding hydrogens is 274 g/mol. The highest BCUT2D eigenvalue weighted by atomic mass is 32.1. The molecule has 1 atom stereocenters. The Labute approximate surface area is 124 Å². The molecule has 0 saturated carbocycles. The van der Waals surface area contributed by atoms with Gasteiger partial charge in [0.15, 0.2) is 0 Å². The molecule has 5 nitrogen and oxygen atoms in total. The number of amides is 1. The Morgan fingerprint density at radius 1 is 1.65 bits per heavy atom. The number of carbonyl (C=O) groups is 1. The lowest BCUT2D eigenvalue weighted by Gasteiger charge is -2.30. The molecule has 0 spiro atoms. The minimum absolute atomic E-state index is 0.0761. The van der Waals surface area contributed by atoms with Crippen molar-refractivity contribution in [3.05, 3.63) is 16.1 Å². The van der Waals surface area contributed by atoms with E-state index in [0.717, 1.165) is 44.0 Å². The molecule has 1 aromatic rings. The van der Waals surface area contributed by atoms with Crippen LogP contribution in [0.3, 0.4) is 0 Å². The van der Waals surface area contributed by atoms with Crippen LogP contribution in [0.5, 0.6) is 0 Å². The van der Waals surface area contributed by atoms with Crippen molar-refractivity contribution in [2.45, 2.75) is 32.3 Å². The molecule has 112 valence electrons. The fourth-order valence-electron chi connectivity index (χ4n) is 2.22. The minimum Gasteiger partial charge on any atom is -0.375 e. The second-order valence-electron chi connectivity index (χ2n) is 5.18. The molecule has 20 heavy (non-hydrogen) atoms. The van der Waals surface area contributed by atoms with Crippen molar-refractivity contribution in [3.63, 3.8) is 0 Å². The number of aromatic nitrogens is 1. The van der Waals surface area contributed by atoms with Crippen LogP contribution in [0.2, 0.25) is 0 Å². The Hall–Kier alpha value is -0.980. The van der Waals surface area contributed by atoms with Gasteiger partial charge in [-0.05, 0) is 26.3 Å². The Morgan fingerprint density at radius 3 is 3.25 bits per heavy atom. The first kappa shape index (κ1) is 15.4. The summed E-state index contributed by atoms with van der Waals surface area (Å²) in [6.45, 7) is 5.46. The summed E-state index contributed by atoms with van der Waals surface area (Å²) in [6.07, 6.45) is 3.07. The van der Waals surface area contributed by atoms with Gasteiger partial charge >= 0.3 is 0 Å². The summed E-state index contributed by atoms with van der Waals surface area (Å²) in [6, 6.07) is 0. The number of nitrogens with zero attached hydrogens (tertiary/aromatic N) is 2. The lowest BCUT2D eigenvalue weighted by Crippen LogP contribution is -2.41. The molecule has 1 aromatic heterocycles. The van der Waals surface area contributed by atoms with Gasteiger partial charge in [-0.25, -0.2) is 4.98 Å². The number of morpholine rings is 1. The lowest BCUT2D eigenvalue weighted by atomic mass is 10.2. The van der Waals surface area contributed by atoms with Crippen LogP contribution < -0.4 is 5.32 Å². The molecule has 1 saturated heterocycles. The quantitative estimate of drug-likeness (QED) is 0.865. The largest absolute Gasteiger partial charge is 0.375 e. The van der Waals surface area contributed by atoms with Gasteiger partial charge < -0.3 is 15.0 Å². The summed E-state index contributed by atoms with van der Waals surface area (Å²) in [5.74, 6) is -0.0761. The number of ether oxygens (including phenoxy) is 1. The van der Waals surface area contributed by atoms with Crippen LogP contribution in [0.15, 0.2) is 5.38 Å². The molecule has 1 aliphatic heterocycles. The monoisotopic (exact) mass is 297 g/mol. The third kappa shape index (κ3) is 4.54. The number of hydrogen-bond acceptors (Lipinski definition) is 5. The highest BCUT2D eigenvalue weighted by Gasteiger charge is 2.18. The van der Waals surface area contributed by atoms with Crippen molar-refractivity contribution < 1.29 is 9.53 Å². The zero-order valence-corrected chi connectivity index (χ0v) is 13.0. The average Bonchev–Trinajstić information content (AvgIpc) is 2.88. The third-order valence-electron chi connectivity index (χ3n) is 3.34. The van der Waals surface area contributed by atoms with Crippen LogP contribution in [-0.4, -0.2) is 55.2 Å². The molecule has 1 amide bonds. The Kier molecular flexibility index (Phi) is 5.94. The van der Waals surface area contributed by atoms with Crippen LogP contribution >= 0.6 is 11.3 Å². The molecule has 0 aliphatic carbocycles. The maximum atomic E-state index is 12.0. The summed E-state index contributed by atoms with van der Waals surface area (Å²) in [5, 5.41) is 5.80. The second-order valence-corrected chi connectivity index (χ2v) is 6.12. The summed E-state index contributed by atoms with van der Waals surface area (Å²) < 4.78 is 5.67. The molecule has 6 heteroatoms. The first-order valence-corrected chi connectivity index (χ1v) is 8.09. The summed E-state index contributed by atoms with van der Waals surface area (Å²) in [7, 11) is 2.10. The molecule has 2 heterocycles. The zero-order valence-electron chi connectivity index (χ0n) is 12.2. The van der Waals surface area contributed by atoms with Crippen molar-refractivity contribution in [2.24, 2.45) is 0 Å². The van der Waals surface area contributed by atoms with Crippen molar-refractivity contribution >= 4 is 17.2 Å². The number of hydrogen-bond donors (Lipinski definition) is 1. The number of aryl methyl sites for hydroxylation is 1. The maximum Gasteiger partial charge on any atom is 0.270 e. The smallest absolute Gasteiger partial charge is 0.270 e. The SMILES string of the molecule is CCCc1nc(C(=O)NCCC2CN(C)CCO2)cs1. The van der Waals surface area contributed by atoms with E-state index in [2.05, 4.69) is 29.2 Å². The third-order valence-corrected chi connectivity index (χ3v) is 4.25. The van der Waals surface area contributed by atoms with Crippen LogP contribution in [0, 0.1) is 0 Å². The van der Waals surface area contributed by atoms with E-state index in [1.54, 1.807) is 11.3 Å². The Bertz CT molecular complexity index is 436. The van der Waals surface area contributed by atoms with Gasteiger partial charge in [0.25, 0.3) is 5.91 Å². The van der Waals surface area contributed by atoms with Crippen LogP contribution in [-0.2, 0) is 11.2 Å². The Balaban J connectivity index is 1.71. The van der Waals surface area contributed by atoms with E-state index >= 15 is 0 Å². The van der Waals surface area contributed by atoms with Crippen LogP contribution in [0.25, 0.3) is 0 Å². The predicted molar refractivity (Wildman–Crippen MR) is 80.3 cm³/mol. The number of nitrogens with one attached hydrogen (secondary N) is 1. The predicted octanol–water partition coefficient (Wildman–Crippen LogP) is 1.55. The van der Waals surface area contributed by atoms with Crippen molar-refractivity contribution in [1.82, 2.24) is 15.2 Å². The molecule has 0 aromatic carbocycles. The molecule has 0 bridgehead atoms. The maximum absolute atomic E-state index is 12.0. The van der Waals surface area contributed by atoms with Gasteiger partial charge in [-0.3, -0.25) is 4.79 Å². The van der Waals surface area contributed by atoms with E-state index < -0.39 is 0 Å². The fraction of sp³-hybridized carbons (Fsp3) is 0.714. The van der Waals surface area contributed by atoms with Gasteiger partial charge in [0.2, 0.25) is 0 Å². The van der Waals surface area contributed by atoms with Gasteiger partial charge in [0, 0.05) is 25.0 Å². The fourth-order valence-corrected chi connectivity index (χ4v) is 3.10. The molecule has 0 radical (unpaired) electrons. The zero-order chi connectivity index (χ0) is 14.4. The second kappa shape index (κ2) is 7.71. The lowest BCUT2D eigenvalue weighted by molar-refractivity contribution is -0.0226. The number of thiazole rings is 1. The molecular formula is C14H23N3O2S. The molecule has 1 fully saturated rings. The molecule has 1 aliphatic rings. The summed E-state index contributed by atoms with van der Waals surface area (Å²) in [5.41, 5.74) is 0.542. The van der Waals surface area contributed by atoms with Gasteiger partial charge in [-0.2, -0.15) is 0 Å². The van der Waals surface area contributed by atoms with E-state index in [1.165, 1.54) is 0 Å². The van der Waals surface area contributed by atoms with Gasteiger partial charge in [0.1, 0.15) is 5.69 Å². The summed E-state index contributed by atoms with van der Waals surface area (Å²) >= 11 is 1.56. The average molecular weight is 297 g/mol. The van der Waals surface area contributed by atoms with Crippen molar-refractivity contribution in [3.8, 4) is 0 Å². The molecule has 1 N–H and O–H groups in total.